The van der Waals surface area contributed by atoms with Crippen LogP contribution in [-0.4, -0.2) is 44.1 Å². The van der Waals surface area contributed by atoms with E-state index in [1.807, 2.05) is 13.1 Å². The van der Waals surface area contributed by atoms with Gasteiger partial charge in [0.1, 0.15) is 11.6 Å². The highest BCUT2D eigenvalue weighted by Gasteiger charge is 2.39. The Morgan fingerprint density at radius 2 is 1.83 bits per heavy atom. The van der Waals surface area contributed by atoms with E-state index in [1.165, 1.54) is 0 Å². The van der Waals surface area contributed by atoms with Gasteiger partial charge in [0.25, 0.3) is 0 Å². The number of piperidine rings is 1. The van der Waals surface area contributed by atoms with Crippen LogP contribution >= 0.6 is 0 Å². The fourth-order valence-electron chi connectivity index (χ4n) is 4.48. The maximum atomic E-state index is 10.4. The Balaban J connectivity index is 1.76. The second kappa shape index (κ2) is 8.07. The lowest BCUT2D eigenvalue weighted by Gasteiger charge is -2.49. The van der Waals surface area contributed by atoms with E-state index >= 15 is 0 Å². The highest BCUT2D eigenvalue weighted by atomic mass is 16.3. The van der Waals surface area contributed by atoms with Crippen molar-refractivity contribution in [1.29, 1.82) is 0 Å². The molecule has 0 saturated carbocycles. The van der Waals surface area contributed by atoms with E-state index in [-0.39, 0.29) is 16.8 Å². The highest BCUT2D eigenvalue weighted by Crippen LogP contribution is 2.32. The molecule has 0 unspecified atom stereocenters. The molecule has 1 saturated heterocycles. The van der Waals surface area contributed by atoms with Crippen molar-refractivity contribution in [3.05, 3.63) is 54.1 Å². The third-order valence-corrected chi connectivity index (χ3v) is 5.64. The molecular weight excluding hydrogens is 376 g/mol. The standard InChI is InChI=1S/C23H34N6O/c1-22(2)13-16(14-23(3,4)28-22)29(5)20(25)9-8-18(24)17-7-6-15(12-19(17)30)21-26-10-11-27-21/h6-12,16,28,30H,13-14,24-25H2,1-5H3,(H,26,27)/b18-8-,20-9+. The van der Waals surface area contributed by atoms with Gasteiger partial charge in [0.2, 0.25) is 0 Å². The molecule has 1 aliphatic rings. The predicted octanol–water partition coefficient (Wildman–Crippen LogP) is 3.12. The average molecular weight is 411 g/mol. The van der Waals surface area contributed by atoms with Crippen molar-refractivity contribution in [2.24, 2.45) is 11.5 Å². The van der Waals surface area contributed by atoms with Crippen LogP contribution < -0.4 is 16.8 Å². The number of hydrogen-bond donors (Lipinski definition) is 5. The molecule has 0 radical (unpaired) electrons. The Labute approximate surface area is 178 Å². The fourth-order valence-corrected chi connectivity index (χ4v) is 4.48. The van der Waals surface area contributed by atoms with Gasteiger partial charge in [-0.3, -0.25) is 0 Å². The predicted molar refractivity (Wildman–Crippen MR) is 122 cm³/mol. The number of aromatic nitrogens is 2. The van der Waals surface area contributed by atoms with Gasteiger partial charge in [0.05, 0.1) is 5.82 Å². The van der Waals surface area contributed by atoms with Gasteiger partial charge < -0.3 is 31.8 Å². The molecule has 1 aliphatic heterocycles. The SMILES string of the molecule is CN(/C(N)=C/C=C(\N)c1ccc(-c2ncc[nH]2)cc1O)C1CC(C)(C)NC(C)(C)C1. The van der Waals surface area contributed by atoms with Gasteiger partial charge in [-0.1, -0.05) is 6.07 Å². The van der Waals surface area contributed by atoms with Crippen molar-refractivity contribution in [2.75, 3.05) is 7.05 Å². The number of phenolic OH excluding ortho intramolecular Hbond substituents is 1. The van der Waals surface area contributed by atoms with Crippen LogP contribution in [0.5, 0.6) is 5.75 Å². The molecule has 1 fully saturated rings. The third-order valence-electron chi connectivity index (χ3n) is 5.64. The summed E-state index contributed by atoms with van der Waals surface area (Å²) in [5, 5.41) is 14.1. The van der Waals surface area contributed by atoms with Crippen LogP contribution in [-0.2, 0) is 0 Å². The van der Waals surface area contributed by atoms with Crippen LogP contribution in [0.2, 0.25) is 0 Å². The summed E-state index contributed by atoms with van der Waals surface area (Å²) in [5.41, 5.74) is 14.5. The molecule has 1 aromatic carbocycles. The van der Waals surface area contributed by atoms with Crippen LogP contribution in [0, 0.1) is 0 Å². The fraction of sp³-hybridized carbons (Fsp3) is 0.435. The van der Waals surface area contributed by atoms with Crippen LogP contribution in [0.15, 0.2) is 48.6 Å². The Morgan fingerprint density at radius 1 is 1.17 bits per heavy atom. The van der Waals surface area contributed by atoms with E-state index in [0.717, 1.165) is 18.4 Å². The third kappa shape index (κ3) is 4.97. The summed E-state index contributed by atoms with van der Waals surface area (Å²) < 4.78 is 0. The zero-order chi connectivity index (χ0) is 22.1. The molecule has 3 rings (SSSR count). The van der Waals surface area contributed by atoms with Gasteiger partial charge in [-0.2, -0.15) is 0 Å². The van der Waals surface area contributed by atoms with Crippen LogP contribution in [0.1, 0.15) is 46.1 Å². The number of H-pyrrole nitrogens is 1. The number of nitrogens with one attached hydrogen (secondary N) is 2. The van der Waals surface area contributed by atoms with Gasteiger partial charge in [-0.15, -0.1) is 0 Å². The number of allylic oxidation sites excluding steroid dienone is 2. The van der Waals surface area contributed by atoms with E-state index < -0.39 is 0 Å². The van der Waals surface area contributed by atoms with Gasteiger partial charge in [-0.25, -0.2) is 4.98 Å². The summed E-state index contributed by atoms with van der Waals surface area (Å²) >= 11 is 0. The smallest absolute Gasteiger partial charge is 0.137 e. The van der Waals surface area contributed by atoms with Gasteiger partial charge in [0, 0.05) is 53.4 Å². The van der Waals surface area contributed by atoms with Crippen molar-refractivity contribution >= 4 is 5.70 Å². The van der Waals surface area contributed by atoms with E-state index in [4.69, 9.17) is 11.5 Å². The van der Waals surface area contributed by atoms with Crippen LogP contribution in [0.25, 0.3) is 17.1 Å². The lowest BCUT2D eigenvalue weighted by molar-refractivity contribution is 0.0981. The van der Waals surface area contributed by atoms with Crippen LogP contribution in [0.3, 0.4) is 0 Å². The number of nitrogens with zero attached hydrogens (tertiary/aromatic N) is 2. The Bertz CT molecular complexity index is 927. The molecule has 1 aromatic heterocycles. The average Bonchev–Trinajstić information content (AvgIpc) is 3.17. The summed E-state index contributed by atoms with van der Waals surface area (Å²) in [4.78, 5) is 9.34. The number of aromatic hydroxyl groups is 1. The van der Waals surface area contributed by atoms with Gasteiger partial charge in [-0.05, 0) is 64.8 Å². The van der Waals surface area contributed by atoms with Crippen molar-refractivity contribution < 1.29 is 5.11 Å². The summed E-state index contributed by atoms with van der Waals surface area (Å²) in [6.45, 7) is 8.90. The van der Waals surface area contributed by atoms with Gasteiger partial charge >= 0.3 is 0 Å². The molecule has 2 aromatic rings. The Morgan fingerprint density at radius 3 is 2.40 bits per heavy atom. The molecule has 0 amide bonds. The minimum Gasteiger partial charge on any atom is -0.507 e. The number of phenols is 1. The Hall–Kier alpha value is -2.93. The van der Waals surface area contributed by atoms with Crippen molar-refractivity contribution in [1.82, 2.24) is 20.2 Å². The lowest BCUT2D eigenvalue weighted by atomic mass is 9.79. The first-order chi connectivity index (χ1) is 14.0. The summed E-state index contributed by atoms with van der Waals surface area (Å²) in [6, 6.07) is 5.62. The molecule has 7 nitrogen and oxygen atoms in total. The zero-order valence-electron chi connectivity index (χ0n) is 18.5. The van der Waals surface area contributed by atoms with E-state index in [1.54, 1.807) is 36.7 Å². The quantitative estimate of drug-likeness (QED) is 0.484. The number of benzene rings is 1. The molecular formula is C23H34N6O. The second-order valence-electron chi connectivity index (χ2n) is 9.45. The minimum atomic E-state index is 0.0390. The summed E-state index contributed by atoms with van der Waals surface area (Å²) in [7, 11) is 2.02. The number of rotatable bonds is 5. The molecule has 2 heterocycles. The normalized spacial score (nSPS) is 19.6. The topological polar surface area (TPSA) is 116 Å². The first-order valence-corrected chi connectivity index (χ1v) is 10.3. The second-order valence-corrected chi connectivity index (χ2v) is 9.45. The molecule has 0 aliphatic carbocycles. The number of nitrogens with two attached hydrogens (primary N) is 2. The number of aromatic amines is 1. The maximum Gasteiger partial charge on any atom is 0.137 e. The summed E-state index contributed by atoms with van der Waals surface area (Å²) in [6.07, 6.45) is 8.94. The van der Waals surface area contributed by atoms with Crippen molar-refractivity contribution in [2.45, 2.75) is 57.7 Å². The first kappa shape index (κ1) is 21.8. The van der Waals surface area contributed by atoms with Gasteiger partial charge in [0.15, 0.2) is 0 Å². The first-order valence-electron chi connectivity index (χ1n) is 10.3. The number of hydrogen-bond acceptors (Lipinski definition) is 6. The largest absolute Gasteiger partial charge is 0.507 e. The highest BCUT2D eigenvalue weighted by molar-refractivity contribution is 5.72. The lowest BCUT2D eigenvalue weighted by Crippen LogP contribution is -2.61. The van der Waals surface area contributed by atoms with E-state index in [0.29, 0.717) is 28.9 Å². The summed E-state index contributed by atoms with van der Waals surface area (Å²) in [5.74, 6) is 1.43. The molecule has 0 spiro atoms. The minimum absolute atomic E-state index is 0.0390. The molecule has 0 atom stereocenters. The zero-order valence-corrected chi connectivity index (χ0v) is 18.5. The van der Waals surface area contributed by atoms with Crippen molar-refractivity contribution in [3.8, 4) is 17.1 Å². The van der Waals surface area contributed by atoms with E-state index in [2.05, 4.69) is 47.9 Å². The Kier molecular flexibility index (Phi) is 5.85. The van der Waals surface area contributed by atoms with Crippen molar-refractivity contribution in [3.63, 3.8) is 0 Å². The number of imidazole rings is 1. The molecule has 30 heavy (non-hydrogen) atoms. The van der Waals surface area contributed by atoms with Crippen LogP contribution in [0.4, 0.5) is 0 Å². The maximum absolute atomic E-state index is 10.4. The molecule has 162 valence electrons. The molecule has 0 bridgehead atoms. The van der Waals surface area contributed by atoms with E-state index in [9.17, 15) is 5.11 Å². The molecule has 7 N–H and O–H groups in total. The molecule has 7 heteroatoms. The monoisotopic (exact) mass is 410 g/mol.